The number of ether oxygens (including phenoxy) is 3. The van der Waals surface area contributed by atoms with Gasteiger partial charge in [-0.2, -0.15) is 19.2 Å². The van der Waals surface area contributed by atoms with E-state index < -0.39 is 25.6 Å². The number of sulfonamides is 2. The first kappa shape index (κ1) is 74.2. The number of alkyl carbamates (subject to hydrolysis) is 1. The minimum absolute atomic E-state index is 0. The summed E-state index contributed by atoms with van der Waals surface area (Å²) in [7, 11) is -7.22. The zero-order valence-electron chi connectivity index (χ0n) is 51.9. The van der Waals surface area contributed by atoms with Crippen molar-refractivity contribution in [2.75, 3.05) is 129 Å². The number of hydrogen-bond donors (Lipinski definition) is 5. The Bertz CT molecular complexity index is 3840. The van der Waals surface area contributed by atoms with Gasteiger partial charge in [0, 0.05) is 106 Å². The highest BCUT2D eigenvalue weighted by Crippen LogP contribution is 2.39. The fraction of sp³-hybridized carbons (Fsp3) is 0.557. The normalized spacial score (nSPS) is 20.4. The van der Waals surface area contributed by atoms with Crippen LogP contribution in [-0.2, 0) is 34.3 Å². The SMILES string of the molecule is C.C.CC(C)(C)OC(=O)NC1CNC1.C[C@H]1CC[C@@H](c2cc3nc(Cl)cc(N4CCOCC4)n3n2)N(C(=O)c2cc(Cl)ccc2NS(C)(=O)=O)C1.C[C@H]1CC[C@@H](c2cc3nc(N4CC(N)C4)cc(N4CCOCC4)n3n2)N(C(=O)c2cc(Cl)ccc2NS(C)(=O)=O)C1.Cl. The molecule has 0 aliphatic carbocycles. The minimum atomic E-state index is -3.61. The zero-order chi connectivity index (χ0) is 64.4. The maximum Gasteiger partial charge on any atom is 0.407 e. The van der Waals surface area contributed by atoms with Crippen molar-refractivity contribution in [3.63, 3.8) is 0 Å². The maximum atomic E-state index is 14.1. The third kappa shape index (κ3) is 18.8. The number of piperidine rings is 2. The van der Waals surface area contributed by atoms with Gasteiger partial charge in [0.25, 0.3) is 11.8 Å². The number of anilines is 5. The molecule has 6 N–H and O–H groups in total. The van der Waals surface area contributed by atoms with Gasteiger partial charge in [0.2, 0.25) is 20.0 Å². The van der Waals surface area contributed by atoms with Gasteiger partial charge in [-0.05, 0) is 94.7 Å². The number of hydrogen-bond acceptors (Lipinski definition) is 19. The number of likely N-dealkylation sites (tertiary alicyclic amines) is 2. The van der Waals surface area contributed by atoms with Crippen molar-refractivity contribution in [3.05, 3.63) is 98.4 Å². The number of rotatable bonds is 12. The molecule has 2 aromatic carbocycles. The van der Waals surface area contributed by atoms with Crippen LogP contribution in [0.5, 0.6) is 0 Å². The smallest absolute Gasteiger partial charge is 0.407 e. The van der Waals surface area contributed by atoms with Gasteiger partial charge in [0.1, 0.15) is 28.2 Å². The molecule has 4 atom stereocenters. The molecular formula is C61H88Cl4N16O10S2. The van der Waals surface area contributed by atoms with Gasteiger partial charge >= 0.3 is 6.09 Å². The van der Waals surface area contributed by atoms with Gasteiger partial charge in [-0.25, -0.2) is 31.6 Å². The number of carbonyl (C=O) groups is 3. The predicted molar refractivity (Wildman–Crippen MR) is 368 cm³/mol. The molecule has 0 unspecified atom stereocenters. The molecule has 512 valence electrons. The number of nitrogens with two attached hydrogens (primary N) is 1. The van der Waals surface area contributed by atoms with Crippen LogP contribution in [0.2, 0.25) is 15.2 Å². The molecule has 6 aromatic rings. The number of nitrogens with zero attached hydrogens (tertiary/aromatic N) is 11. The summed E-state index contributed by atoms with van der Waals surface area (Å²) in [5.74, 6) is 2.51. The Labute approximate surface area is 566 Å². The molecule has 0 radical (unpaired) electrons. The highest BCUT2D eigenvalue weighted by atomic mass is 35.5. The van der Waals surface area contributed by atoms with E-state index in [-0.39, 0.29) is 104 Å². The first-order valence-corrected chi connectivity index (χ1v) is 35.0. The van der Waals surface area contributed by atoms with Crippen LogP contribution in [0.25, 0.3) is 11.3 Å². The van der Waals surface area contributed by atoms with E-state index in [1.807, 2.05) is 37.4 Å². The zero-order valence-corrected chi connectivity index (χ0v) is 56.6. The van der Waals surface area contributed by atoms with E-state index in [0.29, 0.717) is 97.6 Å². The number of benzene rings is 2. The lowest BCUT2D eigenvalue weighted by Gasteiger charge is -2.38. The maximum absolute atomic E-state index is 14.1. The summed E-state index contributed by atoms with van der Waals surface area (Å²) in [5, 5.41) is 16.8. The van der Waals surface area contributed by atoms with Gasteiger partial charge in [-0.3, -0.25) is 19.0 Å². The van der Waals surface area contributed by atoms with Crippen molar-refractivity contribution in [2.45, 2.75) is 105 Å². The molecule has 12 rings (SSSR count). The molecule has 0 bridgehead atoms. The molecule has 26 nitrogen and oxygen atoms in total. The molecule has 32 heteroatoms. The van der Waals surface area contributed by atoms with E-state index >= 15 is 0 Å². The van der Waals surface area contributed by atoms with Crippen LogP contribution in [-0.4, -0.2) is 196 Å². The summed E-state index contributed by atoms with van der Waals surface area (Å²) in [5.41, 5.74) is 9.17. The number of halogens is 4. The van der Waals surface area contributed by atoms with E-state index in [0.717, 1.165) is 87.8 Å². The van der Waals surface area contributed by atoms with E-state index in [4.69, 9.17) is 69.9 Å². The first-order chi connectivity index (χ1) is 42.6. The Morgan fingerprint density at radius 3 is 1.48 bits per heavy atom. The monoisotopic (exact) mass is 1410 g/mol. The van der Waals surface area contributed by atoms with Gasteiger partial charge in [0.05, 0.1) is 91.0 Å². The van der Waals surface area contributed by atoms with Crippen molar-refractivity contribution in [2.24, 2.45) is 17.6 Å². The molecule has 6 fully saturated rings. The van der Waals surface area contributed by atoms with Crippen molar-refractivity contribution < 1.29 is 45.4 Å². The van der Waals surface area contributed by atoms with E-state index in [9.17, 15) is 31.2 Å². The molecule has 0 spiro atoms. The fourth-order valence-corrected chi connectivity index (χ4v) is 13.3. The van der Waals surface area contributed by atoms with Gasteiger partial charge < -0.3 is 55.1 Å². The molecule has 0 saturated carbocycles. The lowest BCUT2D eigenvalue weighted by Crippen LogP contribution is -2.57. The van der Waals surface area contributed by atoms with Crippen molar-refractivity contribution in [3.8, 4) is 0 Å². The van der Waals surface area contributed by atoms with Crippen molar-refractivity contribution in [1.29, 1.82) is 0 Å². The Morgan fingerprint density at radius 1 is 0.634 bits per heavy atom. The van der Waals surface area contributed by atoms with Gasteiger partial charge in [-0.1, -0.05) is 63.5 Å². The number of nitrogens with one attached hydrogen (secondary N) is 4. The lowest BCUT2D eigenvalue weighted by molar-refractivity contribution is 0.0486. The van der Waals surface area contributed by atoms with Crippen LogP contribution in [0, 0.1) is 11.8 Å². The minimum Gasteiger partial charge on any atom is -0.444 e. The summed E-state index contributed by atoms with van der Waals surface area (Å²) in [6.07, 6.45) is 5.03. The second kappa shape index (κ2) is 31.1. The standard InChI is InChI=1S/C27H35ClN8O4S.C24H28Cl2N6O4S.C8H16N2O2.2CH4.ClH/c1-17-3-6-23(35(14-17)27(37)20-11-18(28)4-5-21(20)32-41(2,38)39)22-12-25-30-24(34-15-19(29)16-34)13-26(36(25)31-22)33-7-9-40-10-8-33;1-15-3-6-20(31(14-15)24(33)17-11-16(25)4-5-18(17)29-37(2,34)35)19-12-22-27-21(26)13-23(32(22)28-19)30-7-9-36-10-8-30;1-8(2,3)12-7(11)10-6-4-9-5-6;;;/h4-5,11-13,17,19,23,32H,3,6-10,14-16,29H2,1-2H3;4-5,11-13,15,20,29H,3,6-10,14H2,1-2H3;6,9H,4-5H2,1-3H3,(H,10,11);2*1H4;1H/t17-,23-;15-,20-;;;;/m00..../s1. The van der Waals surface area contributed by atoms with Crippen LogP contribution < -0.4 is 40.5 Å². The predicted octanol–water partition coefficient (Wildman–Crippen LogP) is 8.39. The van der Waals surface area contributed by atoms with E-state index in [1.165, 1.54) is 24.3 Å². The third-order valence-corrected chi connectivity index (χ3v) is 17.9. The average Bonchev–Trinajstić information content (AvgIpc) is 1.67. The second-order valence-electron chi connectivity index (χ2n) is 24.9. The van der Waals surface area contributed by atoms with Gasteiger partial charge in [-0.15, -0.1) is 12.4 Å². The van der Waals surface area contributed by atoms with Crippen molar-refractivity contribution >= 4 is 125 Å². The summed E-state index contributed by atoms with van der Waals surface area (Å²) in [6, 6.07) is 16.6. The van der Waals surface area contributed by atoms with E-state index in [1.54, 1.807) is 32.5 Å². The van der Waals surface area contributed by atoms with Crippen LogP contribution in [0.1, 0.15) is 119 Å². The molecule has 4 aromatic heterocycles. The van der Waals surface area contributed by atoms with Crippen LogP contribution in [0.3, 0.4) is 0 Å². The average molecular weight is 1410 g/mol. The number of amides is 3. The summed E-state index contributed by atoms with van der Waals surface area (Å²) in [6.45, 7) is 19.3. The fourth-order valence-electron chi connectivity index (χ4n) is 11.6. The highest BCUT2D eigenvalue weighted by Gasteiger charge is 2.38. The van der Waals surface area contributed by atoms with Gasteiger partial charge in [0.15, 0.2) is 11.3 Å². The quantitative estimate of drug-likeness (QED) is 0.0718. The summed E-state index contributed by atoms with van der Waals surface area (Å²) >= 11 is 18.8. The Morgan fingerprint density at radius 2 is 1.08 bits per heavy atom. The number of morpholine rings is 2. The Hall–Kier alpha value is -6.21. The molecular weight excluding hydrogens is 1320 g/mol. The largest absolute Gasteiger partial charge is 0.444 e. The lowest BCUT2D eigenvalue weighted by atomic mass is 9.91. The second-order valence-corrected chi connectivity index (χ2v) is 29.7. The molecule has 10 heterocycles. The molecule has 6 aliphatic heterocycles. The Kier molecular flexibility index (Phi) is 24.8. The molecule has 6 aliphatic rings. The Balaban J connectivity index is 0.000000218. The molecule has 3 amide bonds. The molecule has 93 heavy (non-hydrogen) atoms. The van der Waals surface area contributed by atoms with E-state index in [2.05, 4.69) is 59.7 Å². The number of carbonyl (C=O) groups excluding carboxylic acids is 3. The van der Waals surface area contributed by atoms with Crippen LogP contribution >= 0.6 is 47.2 Å². The number of fused-ring (bicyclic) bond motifs is 2. The van der Waals surface area contributed by atoms with Crippen molar-refractivity contribution in [1.82, 2.24) is 49.6 Å². The van der Waals surface area contributed by atoms with Crippen LogP contribution in [0.15, 0.2) is 60.7 Å². The van der Waals surface area contributed by atoms with Crippen LogP contribution in [0.4, 0.5) is 33.6 Å². The third-order valence-electron chi connectivity index (χ3n) is 16.1. The topological polar surface area (TPSA) is 298 Å². The highest BCUT2D eigenvalue weighted by molar-refractivity contribution is 7.92. The summed E-state index contributed by atoms with van der Waals surface area (Å²) < 4.78 is 72.7. The molecule has 6 saturated heterocycles. The number of aromatic nitrogens is 6. The first-order valence-electron chi connectivity index (χ1n) is 30.1. The summed E-state index contributed by atoms with van der Waals surface area (Å²) in [4.78, 5) is 58.6.